The number of nitrogens with zero attached hydrogens (tertiary/aromatic N) is 4. The van der Waals surface area contributed by atoms with Crippen molar-refractivity contribution in [1.29, 1.82) is 0 Å². The van der Waals surface area contributed by atoms with Crippen molar-refractivity contribution in [2.75, 3.05) is 5.75 Å². The number of aromatic nitrogens is 4. The molecular formula is C15H17N5O3S2. The molecule has 0 aliphatic rings. The van der Waals surface area contributed by atoms with Crippen LogP contribution in [0.5, 0.6) is 0 Å². The lowest BCUT2D eigenvalue weighted by Crippen LogP contribution is -2.37. The second-order valence-corrected chi connectivity index (χ2v) is 7.45. The summed E-state index contributed by atoms with van der Waals surface area (Å²) < 4.78 is 4.00. The number of thioether (sulfide) groups is 1. The number of fused-ring (bicyclic) bond motifs is 1. The number of hydrogen-bond donors (Lipinski definition) is 1. The number of amides is 1. The number of imidazole rings is 1. The lowest BCUT2D eigenvalue weighted by molar-refractivity contribution is -0.118. The average Bonchev–Trinajstić information content (AvgIpc) is 3.22. The lowest BCUT2D eigenvalue weighted by Gasteiger charge is -2.04. The first kappa shape index (κ1) is 17.5. The molecule has 3 rings (SSSR count). The van der Waals surface area contributed by atoms with E-state index < -0.39 is 11.2 Å². The molecule has 0 aromatic carbocycles. The number of thiophene rings is 1. The standard InChI is InChI=1S/C15H17N5O3S2/c1-18-11-12(19(2)15(23)20(3)13(11)22)17-14(18)25-8-10(21)16-7-9-5-4-6-24-9/h4-6H,7-8H2,1-3H3,(H,16,21). The molecule has 132 valence electrons. The van der Waals surface area contributed by atoms with Crippen molar-refractivity contribution in [2.24, 2.45) is 21.1 Å². The average molecular weight is 379 g/mol. The van der Waals surface area contributed by atoms with Crippen LogP contribution in [0.1, 0.15) is 4.88 Å². The summed E-state index contributed by atoms with van der Waals surface area (Å²) in [7, 11) is 4.70. The molecule has 0 fully saturated rings. The van der Waals surface area contributed by atoms with Gasteiger partial charge in [-0.3, -0.25) is 18.7 Å². The number of hydrogen-bond acceptors (Lipinski definition) is 6. The third-order valence-electron chi connectivity index (χ3n) is 3.81. The maximum atomic E-state index is 12.3. The SMILES string of the molecule is Cn1c(=O)c2c(nc(SCC(=O)NCc3cccs3)n2C)n(C)c1=O. The maximum absolute atomic E-state index is 12.3. The van der Waals surface area contributed by atoms with E-state index in [1.807, 2.05) is 17.5 Å². The molecule has 1 amide bonds. The Bertz CT molecular complexity index is 1050. The van der Waals surface area contributed by atoms with Crippen LogP contribution in [0, 0.1) is 0 Å². The Hall–Kier alpha value is -2.33. The largest absolute Gasteiger partial charge is 0.350 e. The van der Waals surface area contributed by atoms with Gasteiger partial charge in [0, 0.05) is 26.0 Å². The monoisotopic (exact) mass is 379 g/mol. The Labute approximate surface area is 151 Å². The van der Waals surface area contributed by atoms with Gasteiger partial charge in [-0.1, -0.05) is 17.8 Å². The van der Waals surface area contributed by atoms with Gasteiger partial charge < -0.3 is 9.88 Å². The summed E-state index contributed by atoms with van der Waals surface area (Å²) in [6.45, 7) is 0.495. The summed E-state index contributed by atoms with van der Waals surface area (Å²) in [6, 6.07) is 3.89. The van der Waals surface area contributed by atoms with Crippen molar-refractivity contribution >= 4 is 40.2 Å². The van der Waals surface area contributed by atoms with Gasteiger partial charge >= 0.3 is 5.69 Å². The van der Waals surface area contributed by atoms with E-state index in [1.165, 1.54) is 23.4 Å². The molecule has 3 aromatic heterocycles. The zero-order chi connectivity index (χ0) is 18.1. The molecule has 0 radical (unpaired) electrons. The van der Waals surface area contributed by atoms with Gasteiger partial charge in [0.25, 0.3) is 5.56 Å². The van der Waals surface area contributed by atoms with Gasteiger partial charge in [0.1, 0.15) is 0 Å². The van der Waals surface area contributed by atoms with Crippen molar-refractivity contribution in [3.8, 4) is 0 Å². The summed E-state index contributed by atoms with van der Waals surface area (Å²) in [4.78, 5) is 41.7. The van der Waals surface area contributed by atoms with Crippen molar-refractivity contribution in [1.82, 2.24) is 24.0 Å². The summed E-state index contributed by atoms with van der Waals surface area (Å²) in [6.07, 6.45) is 0. The van der Waals surface area contributed by atoms with Crippen LogP contribution in [0.25, 0.3) is 11.2 Å². The van der Waals surface area contributed by atoms with Gasteiger partial charge in [-0.05, 0) is 11.4 Å². The van der Waals surface area contributed by atoms with Crippen LogP contribution in [-0.4, -0.2) is 30.3 Å². The molecule has 0 bridgehead atoms. The summed E-state index contributed by atoms with van der Waals surface area (Å²) >= 11 is 2.81. The van der Waals surface area contributed by atoms with E-state index in [0.29, 0.717) is 22.9 Å². The molecule has 0 aliphatic carbocycles. The van der Waals surface area contributed by atoms with E-state index in [0.717, 1.165) is 9.44 Å². The van der Waals surface area contributed by atoms with Crippen LogP contribution in [0.3, 0.4) is 0 Å². The second kappa shape index (κ2) is 6.89. The number of carbonyl (C=O) groups is 1. The van der Waals surface area contributed by atoms with Gasteiger partial charge in [-0.25, -0.2) is 9.78 Å². The molecule has 3 aromatic rings. The van der Waals surface area contributed by atoms with Crippen molar-refractivity contribution in [2.45, 2.75) is 11.7 Å². The van der Waals surface area contributed by atoms with E-state index in [9.17, 15) is 14.4 Å². The molecular weight excluding hydrogens is 362 g/mol. The highest BCUT2D eigenvalue weighted by atomic mass is 32.2. The van der Waals surface area contributed by atoms with Crippen molar-refractivity contribution < 1.29 is 4.79 Å². The molecule has 0 saturated heterocycles. The Morgan fingerprint density at radius 2 is 2.00 bits per heavy atom. The summed E-state index contributed by atoms with van der Waals surface area (Å²) in [5, 5.41) is 5.31. The first-order valence-electron chi connectivity index (χ1n) is 7.44. The van der Waals surface area contributed by atoms with Crippen LogP contribution in [0.15, 0.2) is 32.3 Å². The van der Waals surface area contributed by atoms with Gasteiger partial charge in [0.2, 0.25) is 5.91 Å². The smallest absolute Gasteiger partial charge is 0.332 e. The van der Waals surface area contributed by atoms with Crippen LogP contribution >= 0.6 is 23.1 Å². The Morgan fingerprint density at radius 1 is 1.24 bits per heavy atom. The zero-order valence-electron chi connectivity index (χ0n) is 14.0. The second-order valence-electron chi connectivity index (χ2n) is 5.48. The normalized spacial score (nSPS) is 11.2. The molecule has 0 atom stereocenters. The fraction of sp³-hybridized carbons (Fsp3) is 0.333. The van der Waals surface area contributed by atoms with Gasteiger partial charge in [0.05, 0.1) is 12.3 Å². The molecule has 1 N–H and O–H groups in total. The van der Waals surface area contributed by atoms with E-state index >= 15 is 0 Å². The van der Waals surface area contributed by atoms with E-state index in [1.54, 1.807) is 30.0 Å². The number of carbonyl (C=O) groups excluding carboxylic acids is 1. The van der Waals surface area contributed by atoms with Crippen LogP contribution in [0.4, 0.5) is 0 Å². The molecule has 0 spiro atoms. The number of rotatable bonds is 5. The first-order valence-corrected chi connectivity index (χ1v) is 9.31. The topological polar surface area (TPSA) is 90.9 Å². The van der Waals surface area contributed by atoms with Crippen LogP contribution in [0.2, 0.25) is 0 Å². The van der Waals surface area contributed by atoms with Gasteiger partial charge in [-0.2, -0.15) is 0 Å². The minimum Gasteiger partial charge on any atom is -0.350 e. The minimum absolute atomic E-state index is 0.118. The predicted molar refractivity (Wildman–Crippen MR) is 98.1 cm³/mol. The van der Waals surface area contributed by atoms with Gasteiger partial charge in [0.15, 0.2) is 16.3 Å². The van der Waals surface area contributed by atoms with Gasteiger partial charge in [-0.15, -0.1) is 11.3 Å². The molecule has 0 saturated carbocycles. The summed E-state index contributed by atoms with van der Waals surface area (Å²) in [5.74, 6) is 0.0591. The van der Waals surface area contributed by atoms with E-state index in [-0.39, 0.29) is 11.7 Å². The highest BCUT2D eigenvalue weighted by Gasteiger charge is 2.17. The fourth-order valence-electron chi connectivity index (χ4n) is 2.41. The fourth-order valence-corrected chi connectivity index (χ4v) is 3.85. The van der Waals surface area contributed by atoms with Crippen molar-refractivity contribution in [3.63, 3.8) is 0 Å². The third-order valence-corrected chi connectivity index (χ3v) is 5.71. The number of nitrogens with one attached hydrogen (secondary N) is 1. The molecule has 10 heteroatoms. The predicted octanol–water partition coefficient (Wildman–Crippen LogP) is 0.441. The maximum Gasteiger partial charge on any atom is 0.332 e. The highest BCUT2D eigenvalue weighted by Crippen LogP contribution is 2.19. The van der Waals surface area contributed by atoms with Crippen LogP contribution < -0.4 is 16.6 Å². The highest BCUT2D eigenvalue weighted by molar-refractivity contribution is 7.99. The zero-order valence-corrected chi connectivity index (χ0v) is 15.6. The first-order chi connectivity index (χ1) is 11.9. The minimum atomic E-state index is -0.430. The van der Waals surface area contributed by atoms with E-state index in [4.69, 9.17) is 0 Å². The number of aryl methyl sites for hydroxylation is 2. The van der Waals surface area contributed by atoms with E-state index in [2.05, 4.69) is 10.3 Å². The molecule has 3 heterocycles. The molecule has 8 nitrogen and oxygen atoms in total. The Kier molecular flexibility index (Phi) is 4.82. The van der Waals surface area contributed by atoms with Crippen LogP contribution in [-0.2, 0) is 32.5 Å². The molecule has 0 aliphatic heterocycles. The molecule has 25 heavy (non-hydrogen) atoms. The lowest BCUT2D eigenvalue weighted by atomic mass is 10.4. The third kappa shape index (κ3) is 3.27. The summed E-state index contributed by atoms with van der Waals surface area (Å²) in [5.41, 5.74) is -0.175. The molecule has 0 unspecified atom stereocenters. The Balaban J connectivity index is 1.78. The van der Waals surface area contributed by atoms with Crippen molar-refractivity contribution in [3.05, 3.63) is 43.2 Å². The Morgan fingerprint density at radius 3 is 2.68 bits per heavy atom. The quantitative estimate of drug-likeness (QED) is 0.650.